The highest BCUT2D eigenvalue weighted by molar-refractivity contribution is 5.93. The molecule has 1 aromatic carbocycles. The second kappa shape index (κ2) is 8.37. The molecule has 2 heterocycles. The van der Waals surface area contributed by atoms with Gasteiger partial charge < -0.3 is 15.0 Å². The minimum Gasteiger partial charge on any atom is -0.467 e. The van der Waals surface area contributed by atoms with E-state index in [9.17, 15) is 4.79 Å². The van der Waals surface area contributed by atoms with Crippen molar-refractivity contribution in [2.75, 3.05) is 29.9 Å². The average molecular weight is 368 g/mol. The summed E-state index contributed by atoms with van der Waals surface area (Å²) in [5.41, 5.74) is 3.74. The van der Waals surface area contributed by atoms with Gasteiger partial charge in [0.1, 0.15) is 0 Å². The third-order valence-electron chi connectivity index (χ3n) is 4.86. The van der Waals surface area contributed by atoms with Gasteiger partial charge in [-0.25, -0.2) is 4.98 Å². The van der Waals surface area contributed by atoms with Crippen LogP contribution in [-0.4, -0.2) is 35.6 Å². The van der Waals surface area contributed by atoms with E-state index in [1.807, 2.05) is 39.0 Å². The summed E-state index contributed by atoms with van der Waals surface area (Å²) < 4.78 is 5.67. The number of amides is 1. The summed E-state index contributed by atoms with van der Waals surface area (Å²) in [7, 11) is 0. The van der Waals surface area contributed by atoms with Gasteiger partial charge in [0.25, 0.3) is 5.91 Å². The molecule has 1 aliphatic rings. The number of carbonyl (C=O) groups excluding carboxylic acids is 1. The largest absolute Gasteiger partial charge is 0.467 e. The van der Waals surface area contributed by atoms with E-state index in [1.54, 1.807) is 6.07 Å². The lowest BCUT2D eigenvalue weighted by Gasteiger charge is -2.31. The molecule has 3 rings (SSSR count). The van der Waals surface area contributed by atoms with Crippen LogP contribution < -0.4 is 15.0 Å². The van der Waals surface area contributed by atoms with Gasteiger partial charge in [0.2, 0.25) is 11.8 Å². The van der Waals surface area contributed by atoms with E-state index in [4.69, 9.17) is 4.74 Å². The number of carbonyl (C=O) groups is 1. The summed E-state index contributed by atoms with van der Waals surface area (Å²) in [6.07, 6.45) is 2.39. The van der Waals surface area contributed by atoms with Gasteiger partial charge in [-0.1, -0.05) is 25.1 Å². The molecule has 1 fully saturated rings. The third kappa shape index (κ3) is 4.96. The van der Waals surface area contributed by atoms with Crippen LogP contribution in [0.2, 0.25) is 0 Å². The Balaban J connectivity index is 1.64. The highest BCUT2D eigenvalue weighted by Gasteiger charge is 2.19. The lowest BCUT2D eigenvalue weighted by atomic mass is 10.0. The summed E-state index contributed by atoms with van der Waals surface area (Å²) in [6, 6.07) is 7.69. The third-order valence-corrected chi connectivity index (χ3v) is 4.86. The molecule has 6 nitrogen and oxygen atoms in total. The second-order valence-corrected chi connectivity index (χ2v) is 7.44. The molecule has 1 saturated heterocycles. The molecule has 0 spiro atoms. The fourth-order valence-electron chi connectivity index (χ4n) is 3.44. The highest BCUT2D eigenvalue weighted by Crippen LogP contribution is 2.23. The number of nitrogens with zero attached hydrogens (tertiary/aromatic N) is 3. The first-order valence-electron chi connectivity index (χ1n) is 9.52. The summed E-state index contributed by atoms with van der Waals surface area (Å²) in [4.78, 5) is 23.6. The summed E-state index contributed by atoms with van der Waals surface area (Å²) >= 11 is 0. The molecule has 27 heavy (non-hydrogen) atoms. The molecular formula is C21H28N4O2. The molecule has 1 aliphatic heterocycles. The zero-order valence-electron chi connectivity index (χ0n) is 16.6. The van der Waals surface area contributed by atoms with Gasteiger partial charge >= 0.3 is 0 Å². The molecule has 6 heteroatoms. The van der Waals surface area contributed by atoms with Crippen LogP contribution in [-0.2, 0) is 4.79 Å². The predicted molar refractivity (Wildman–Crippen MR) is 107 cm³/mol. The summed E-state index contributed by atoms with van der Waals surface area (Å²) in [5, 5.41) is 2.93. The SMILES string of the molecule is Cc1cc(OCC(=O)Nc2c(C)cccc2C)nc(N2CCCC(C)C2)n1. The topological polar surface area (TPSA) is 67.3 Å². The van der Waals surface area contributed by atoms with Crippen molar-refractivity contribution >= 4 is 17.5 Å². The Kier molecular flexibility index (Phi) is 5.94. The smallest absolute Gasteiger partial charge is 0.262 e. The van der Waals surface area contributed by atoms with Crippen LogP contribution in [0, 0.1) is 26.7 Å². The van der Waals surface area contributed by atoms with Crippen molar-refractivity contribution in [3.8, 4) is 5.88 Å². The Morgan fingerprint density at radius 3 is 2.70 bits per heavy atom. The van der Waals surface area contributed by atoms with Crippen molar-refractivity contribution < 1.29 is 9.53 Å². The molecule has 0 saturated carbocycles. The molecule has 1 unspecified atom stereocenters. The van der Waals surface area contributed by atoms with E-state index < -0.39 is 0 Å². The van der Waals surface area contributed by atoms with Gasteiger partial charge in [-0.15, -0.1) is 0 Å². The van der Waals surface area contributed by atoms with Gasteiger partial charge in [-0.2, -0.15) is 4.98 Å². The van der Waals surface area contributed by atoms with Crippen LogP contribution in [0.25, 0.3) is 0 Å². The molecule has 0 bridgehead atoms. The van der Waals surface area contributed by atoms with Crippen molar-refractivity contribution in [1.82, 2.24) is 9.97 Å². The maximum Gasteiger partial charge on any atom is 0.262 e. The standard InChI is InChI=1S/C21H28N4O2/c1-14-7-6-10-25(12-14)21-22-17(4)11-19(24-21)27-13-18(26)23-20-15(2)8-5-9-16(20)3/h5,8-9,11,14H,6-7,10,12-13H2,1-4H3,(H,23,26). The molecule has 0 radical (unpaired) electrons. The monoisotopic (exact) mass is 368 g/mol. The Morgan fingerprint density at radius 1 is 1.26 bits per heavy atom. The molecule has 2 aromatic rings. The lowest BCUT2D eigenvalue weighted by Crippen LogP contribution is -2.35. The molecule has 0 aliphatic carbocycles. The van der Waals surface area contributed by atoms with Crippen molar-refractivity contribution in [3.05, 3.63) is 41.1 Å². The van der Waals surface area contributed by atoms with E-state index in [0.29, 0.717) is 17.7 Å². The number of hydrogen-bond acceptors (Lipinski definition) is 5. The van der Waals surface area contributed by atoms with E-state index >= 15 is 0 Å². The average Bonchev–Trinajstić information content (AvgIpc) is 2.63. The molecule has 1 aromatic heterocycles. The normalized spacial score (nSPS) is 16.9. The maximum atomic E-state index is 12.3. The minimum absolute atomic E-state index is 0.0833. The van der Waals surface area contributed by atoms with Crippen LogP contribution in [0.4, 0.5) is 11.6 Å². The number of aromatic nitrogens is 2. The number of aryl methyl sites for hydroxylation is 3. The molecule has 1 N–H and O–H groups in total. The van der Waals surface area contributed by atoms with Gasteiger partial charge in [-0.05, 0) is 50.7 Å². The fraction of sp³-hybridized carbons (Fsp3) is 0.476. The number of hydrogen-bond donors (Lipinski definition) is 1. The van der Waals surface area contributed by atoms with E-state index in [-0.39, 0.29) is 12.5 Å². The van der Waals surface area contributed by atoms with Crippen LogP contribution in [0.5, 0.6) is 5.88 Å². The Hall–Kier alpha value is -2.63. The number of anilines is 2. The Bertz CT molecular complexity index is 802. The van der Waals surface area contributed by atoms with Crippen LogP contribution in [0.3, 0.4) is 0 Å². The first kappa shape index (κ1) is 19.1. The molecular weight excluding hydrogens is 340 g/mol. The molecule has 1 atom stereocenters. The summed E-state index contributed by atoms with van der Waals surface area (Å²) in [5.74, 6) is 1.56. The highest BCUT2D eigenvalue weighted by atomic mass is 16.5. The van der Waals surface area contributed by atoms with Crippen molar-refractivity contribution in [2.24, 2.45) is 5.92 Å². The predicted octanol–water partition coefficient (Wildman–Crippen LogP) is 3.66. The fourth-order valence-corrected chi connectivity index (χ4v) is 3.44. The van der Waals surface area contributed by atoms with Crippen molar-refractivity contribution in [1.29, 1.82) is 0 Å². The van der Waals surface area contributed by atoms with Gasteiger partial charge in [-0.3, -0.25) is 4.79 Å². The van der Waals surface area contributed by atoms with Crippen molar-refractivity contribution in [3.63, 3.8) is 0 Å². The van der Waals surface area contributed by atoms with E-state index in [1.165, 1.54) is 6.42 Å². The van der Waals surface area contributed by atoms with Gasteiger partial charge in [0.15, 0.2) is 6.61 Å². The van der Waals surface area contributed by atoms with Crippen LogP contribution >= 0.6 is 0 Å². The number of nitrogens with one attached hydrogen (secondary N) is 1. The second-order valence-electron chi connectivity index (χ2n) is 7.44. The maximum absolute atomic E-state index is 12.3. The number of benzene rings is 1. The van der Waals surface area contributed by atoms with Gasteiger partial charge in [0, 0.05) is 30.5 Å². The van der Waals surface area contributed by atoms with Crippen LogP contribution in [0.15, 0.2) is 24.3 Å². The lowest BCUT2D eigenvalue weighted by molar-refractivity contribution is -0.118. The number of rotatable bonds is 5. The van der Waals surface area contributed by atoms with Crippen molar-refractivity contribution in [2.45, 2.75) is 40.5 Å². The van der Waals surface area contributed by atoms with Gasteiger partial charge in [0.05, 0.1) is 0 Å². The Labute approximate surface area is 161 Å². The number of para-hydroxylation sites is 1. The zero-order chi connectivity index (χ0) is 19.4. The molecule has 1 amide bonds. The quantitative estimate of drug-likeness (QED) is 0.872. The number of piperidine rings is 1. The van der Waals surface area contributed by atoms with E-state index in [0.717, 1.165) is 42.0 Å². The summed E-state index contributed by atoms with van der Waals surface area (Å²) in [6.45, 7) is 9.95. The molecule has 144 valence electrons. The first-order chi connectivity index (χ1) is 12.9. The zero-order valence-corrected chi connectivity index (χ0v) is 16.6. The minimum atomic E-state index is -0.197. The van der Waals surface area contributed by atoms with Crippen LogP contribution in [0.1, 0.15) is 36.6 Å². The number of ether oxygens (including phenoxy) is 1. The first-order valence-corrected chi connectivity index (χ1v) is 9.52. The van der Waals surface area contributed by atoms with E-state index in [2.05, 4.69) is 27.1 Å². The Morgan fingerprint density at radius 2 is 2.00 bits per heavy atom.